The molecule has 6 nitrogen and oxygen atoms in total. The Morgan fingerprint density at radius 3 is 2.80 bits per heavy atom. The molecule has 7 heteroatoms. The molecular formula is C18H20N2O4S. The van der Waals surface area contributed by atoms with Crippen LogP contribution in [0.15, 0.2) is 21.9 Å². The Morgan fingerprint density at radius 2 is 2.20 bits per heavy atom. The zero-order valence-corrected chi connectivity index (χ0v) is 14.8. The first kappa shape index (κ1) is 16.3. The number of carboxylic acid groups (broad SMARTS) is 1. The fourth-order valence-electron chi connectivity index (χ4n) is 3.80. The Balaban J connectivity index is 1.38. The first-order valence-electron chi connectivity index (χ1n) is 8.49. The zero-order valence-electron chi connectivity index (χ0n) is 14.0. The summed E-state index contributed by atoms with van der Waals surface area (Å²) < 4.78 is 5.69. The average molecular weight is 360 g/mol. The number of aliphatic carboxylic acids is 1. The normalized spacial score (nSPS) is 21.5. The molecule has 1 saturated heterocycles. The molecule has 0 aromatic carbocycles. The molecule has 1 saturated carbocycles. The maximum atomic E-state index is 12.6. The summed E-state index contributed by atoms with van der Waals surface area (Å²) >= 11 is 1.55. The largest absolute Gasteiger partial charge is 0.481 e. The number of aryl methyl sites for hydroxylation is 1. The highest BCUT2D eigenvalue weighted by Crippen LogP contribution is 2.59. The van der Waals surface area contributed by atoms with Crippen LogP contribution in [-0.2, 0) is 16.0 Å². The molecular weight excluding hydrogens is 340 g/mol. The second kappa shape index (κ2) is 5.98. The molecule has 1 aliphatic heterocycles. The molecule has 2 aromatic rings. The SMILES string of the molecule is Cc1oc(-c2cccs2)nc1CC(=O)N1CCC2(CC1)CC2C(=O)O. The van der Waals surface area contributed by atoms with E-state index in [9.17, 15) is 9.59 Å². The number of likely N-dealkylation sites (tertiary alicyclic amines) is 1. The summed E-state index contributed by atoms with van der Waals surface area (Å²) in [4.78, 5) is 31.0. The number of thiophene rings is 1. The number of aromatic nitrogens is 1. The van der Waals surface area contributed by atoms with Crippen molar-refractivity contribution in [1.82, 2.24) is 9.88 Å². The van der Waals surface area contributed by atoms with Crippen LogP contribution in [0, 0.1) is 18.3 Å². The monoisotopic (exact) mass is 360 g/mol. The predicted molar refractivity (Wildman–Crippen MR) is 92.2 cm³/mol. The van der Waals surface area contributed by atoms with E-state index in [0.29, 0.717) is 30.4 Å². The molecule has 1 unspecified atom stereocenters. The van der Waals surface area contributed by atoms with E-state index in [1.54, 1.807) is 11.3 Å². The van der Waals surface area contributed by atoms with Crippen molar-refractivity contribution in [3.05, 3.63) is 29.0 Å². The van der Waals surface area contributed by atoms with Gasteiger partial charge in [0.15, 0.2) is 0 Å². The zero-order chi connectivity index (χ0) is 17.6. The van der Waals surface area contributed by atoms with Gasteiger partial charge in [0, 0.05) is 13.1 Å². The average Bonchev–Trinajstić information content (AvgIpc) is 2.94. The number of carbonyl (C=O) groups is 2. The van der Waals surface area contributed by atoms with Crippen LogP contribution < -0.4 is 0 Å². The van der Waals surface area contributed by atoms with Crippen molar-refractivity contribution in [2.24, 2.45) is 11.3 Å². The van der Waals surface area contributed by atoms with Gasteiger partial charge in [0.2, 0.25) is 11.8 Å². The lowest BCUT2D eigenvalue weighted by molar-refractivity contribution is -0.139. The molecule has 1 spiro atoms. The van der Waals surface area contributed by atoms with Crippen molar-refractivity contribution in [3.8, 4) is 10.8 Å². The van der Waals surface area contributed by atoms with Gasteiger partial charge in [-0.15, -0.1) is 11.3 Å². The van der Waals surface area contributed by atoms with Crippen molar-refractivity contribution in [1.29, 1.82) is 0 Å². The van der Waals surface area contributed by atoms with Gasteiger partial charge < -0.3 is 14.4 Å². The van der Waals surface area contributed by atoms with Gasteiger partial charge in [0.25, 0.3) is 0 Å². The summed E-state index contributed by atoms with van der Waals surface area (Å²) in [7, 11) is 0. The van der Waals surface area contributed by atoms with Crippen molar-refractivity contribution in [2.45, 2.75) is 32.6 Å². The Labute approximate surface area is 149 Å². The summed E-state index contributed by atoms with van der Waals surface area (Å²) in [6.45, 7) is 3.11. The molecule has 1 atom stereocenters. The van der Waals surface area contributed by atoms with Crippen LogP contribution in [0.25, 0.3) is 10.8 Å². The highest BCUT2D eigenvalue weighted by Gasteiger charge is 2.59. The van der Waals surface area contributed by atoms with E-state index in [-0.39, 0.29) is 23.7 Å². The van der Waals surface area contributed by atoms with E-state index in [0.717, 1.165) is 24.1 Å². The summed E-state index contributed by atoms with van der Waals surface area (Å²) in [5.74, 6) is 0.375. The molecule has 132 valence electrons. The third-order valence-electron chi connectivity index (χ3n) is 5.54. The summed E-state index contributed by atoms with van der Waals surface area (Å²) in [5.41, 5.74) is 0.627. The standard InChI is InChI=1S/C18H20N2O4S/c1-11-13(19-16(24-11)14-3-2-8-25-14)9-15(21)20-6-4-18(5-7-20)10-12(18)17(22)23/h2-3,8,12H,4-7,9-10H2,1H3,(H,22,23). The molecule has 1 N–H and O–H groups in total. The number of rotatable bonds is 4. The first-order chi connectivity index (χ1) is 12.0. The number of hydrogen-bond donors (Lipinski definition) is 1. The smallest absolute Gasteiger partial charge is 0.307 e. The van der Waals surface area contributed by atoms with Gasteiger partial charge in [-0.25, -0.2) is 4.98 Å². The van der Waals surface area contributed by atoms with Crippen LogP contribution in [0.1, 0.15) is 30.7 Å². The Bertz CT molecular complexity index is 803. The minimum Gasteiger partial charge on any atom is -0.481 e. The minimum atomic E-state index is -0.695. The van der Waals surface area contributed by atoms with Crippen molar-refractivity contribution in [2.75, 3.05) is 13.1 Å². The molecule has 0 bridgehead atoms. The van der Waals surface area contributed by atoms with E-state index in [1.807, 2.05) is 29.3 Å². The van der Waals surface area contributed by atoms with Crippen LogP contribution in [-0.4, -0.2) is 40.0 Å². The summed E-state index contributed by atoms with van der Waals surface area (Å²) in [6.07, 6.45) is 2.56. The third kappa shape index (κ3) is 2.97. The molecule has 25 heavy (non-hydrogen) atoms. The topological polar surface area (TPSA) is 83.6 Å². The van der Waals surface area contributed by atoms with E-state index >= 15 is 0 Å². The van der Waals surface area contributed by atoms with Gasteiger partial charge in [0.1, 0.15) is 5.76 Å². The molecule has 2 fully saturated rings. The number of carboxylic acids is 1. The fourth-order valence-corrected chi connectivity index (χ4v) is 4.45. The van der Waals surface area contributed by atoms with Gasteiger partial charge in [-0.2, -0.15) is 0 Å². The van der Waals surface area contributed by atoms with Crippen LogP contribution >= 0.6 is 11.3 Å². The molecule has 2 aliphatic rings. The second-order valence-corrected chi connectivity index (χ2v) is 7.96. The van der Waals surface area contributed by atoms with Crippen molar-refractivity contribution in [3.63, 3.8) is 0 Å². The quantitative estimate of drug-likeness (QED) is 0.906. The van der Waals surface area contributed by atoms with E-state index < -0.39 is 5.97 Å². The number of amides is 1. The number of nitrogens with zero attached hydrogens (tertiary/aromatic N) is 2. The van der Waals surface area contributed by atoms with Crippen LogP contribution in [0.2, 0.25) is 0 Å². The molecule has 1 aliphatic carbocycles. The van der Waals surface area contributed by atoms with Gasteiger partial charge in [-0.3, -0.25) is 9.59 Å². The molecule has 1 amide bonds. The lowest BCUT2D eigenvalue weighted by Gasteiger charge is -2.32. The highest BCUT2D eigenvalue weighted by molar-refractivity contribution is 7.13. The molecule has 0 radical (unpaired) electrons. The summed E-state index contributed by atoms with van der Waals surface area (Å²) in [5, 5.41) is 11.1. The first-order valence-corrected chi connectivity index (χ1v) is 9.37. The Morgan fingerprint density at radius 1 is 1.44 bits per heavy atom. The van der Waals surface area contributed by atoms with Gasteiger partial charge in [0.05, 0.1) is 22.9 Å². The lowest BCUT2D eigenvalue weighted by Crippen LogP contribution is -2.40. The van der Waals surface area contributed by atoms with E-state index in [4.69, 9.17) is 9.52 Å². The Hall–Kier alpha value is -2.15. The minimum absolute atomic E-state index is 0.0384. The van der Waals surface area contributed by atoms with Crippen molar-refractivity contribution >= 4 is 23.2 Å². The predicted octanol–water partition coefficient (Wildman–Crippen LogP) is 2.97. The van der Waals surface area contributed by atoms with Crippen LogP contribution in [0.3, 0.4) is 0 Å². The van der Waals surface area contributed by atoms with E-state index in [1.165, 1.54) is 0 Å². The molecule has 3 heterocycles. The highest BCUT2D eigenvalue weighted by atomic mass is 32.1. The number of piperidine rings is 1. The van der Waals surface area contributed by atoms with Gasteiger partial charge in [-0.1, -0.05) is 6.07 Å². The number of oxazole rings is 1. The second-order valence-electron chi connectivity index (χ2n) is 7.01. The molecule has 2 aromatic heterocycles. The third-order valence-corrected chi connectivity index (χ3v) is 6.40. The fraction of sp³-hybridized carbons (Fsp3) is 0.500. The van der Waals surface area contributed by atoms with Gasteiger partial charge in [-0.05, 0) is 43.0 Å². The number of carbonyl (C=O) groups excluding carboxylic acids is 1. The van der Waals surface area contributed by atoms with Crippen LogP contribution in [0.5, 0.6) is 0 Å². The van der Waals surface area contributed by atoms with Crippen molar-refractivity contribution < 1.29 is 19.1 Å². The van der Waals surface area contributed by atoms with Crippen LogP contribution in [0.4, 0.5) is 0 Å². The lowest BCUT2D eigenvalue weighted by atomic mass is 9.90. The van der Waals surface area contributed by atoms with E-state index in [2.05, 4.69) is 4.98 Å². The summed E-state index contributed by atoms with van der Waals surface area (Å²) in [6, 6.07) is 3.89. The number of hydrogen-bond acceptors (Lipinski definition) is 5. The maximum absolute atomic E-state index is 12.6. The maximum Gasteiger partial charge on any atom is 0.307 e. The Kier molecular flexibility index (Phi) is 3.91. The van der Waals surface area contributed by atoms with Gasteiger partial charge >= 0.3 is 5.97 Å². The molecule has 4 rings (SSSR count).